The fourth-order valence-corrected chi connectivity index (χ4v) is 2.46. The number of benzene rings is 2. The minimum absolute atomic E-state index is 0.179. The molecule has 1 N–H and O–H groups in total. The number of rotatable bonds is 6. The van der Waals surface area contributed by atoms with Crippen LogP contribution in [0.3, 0.4) is 0 Å². The van der Waals surface area contributed by atoms with Crippen LogP contribution in [0.1, 0.15) is 28.2 Å². The van der Waals surface area contributed by atoms with E-state index in [1.54, 1.807) is 24.3 Å². The average molecular weight is 365 g/mol. The lowest BCUT2D eigenvalue weighted by molar-refractivity contribution is -0.116. The normalized spacial score (nSPS) is 10.4. The summed E-state index contributed by atoms with van der Waals surface area (Å²) in [5, 5.41) is 6.69. The Morgan fingerprint density at radius 2 is 1.93 bits per heavy atom. The number of ether oxygens (including phenoxy) is 1. The second kappa shape index (κ2) is 8.27. The minimum atomic E-state index is -0.458. The summed E-state index contributed by atoms with van der Waals surface area (Å²) in [5.74, 6) is 0.216. The number of nitrogens with zero attached hydrogens (tertiary/aromatic N) is 2. The maximum absolute atomic E-state index is 12.1. The van der Waals surface area contributed by atoms with Gasteiger partial charge in [-0.05, 0) is 25.1 Å². The topological polar surface area (TPSA) is 94.3 Å². The molecule has 0 aliphatic heterocycles. The summed E-state index contributed by atoms with van der Waals surface area (Å²) in [6.07, 6.45) is 0.499. The molecule has 7 heteroatoms. The molecule has 1 heterocycles. The van der Waals surface area contributed by atoms with E-state index in [1.165, 1.54) is 7.11 Å². The molecule has 3 aromatic rings. The molecule has 0 fully saturated rings. The number of carbonyl (C=O) groups is 2. The van der Waals surface area contributed by atoms with Crippen molar-refractivity contribution < 1.29 is 18.8 Å². The number of hydrogen-bond acceptors (Lipinski definition) is 6. The molecule has 27 heavy (non-hydrogen) atoms. The minimum Gasteiger partial charge on any atom is -0.465 e. The van der Waals surface area contributed by atoms with E-state index < -0.39 is 5.97 Å². The van der Waals surface area contributed by atoms with Gasteiger partial charge in [0.2, 0.25) is 17.6 Å². The molecule has 1 amide bonds. The molecule has 0 aliphatic rings. The van der Waals surface area contributed by atoms with Crippen molar-refractivity contribution in [3.05, 3.63) is 65.5 Å². The molecule has 0 saturated heterocycles. The molecule has 0 bridgehead atoms. The van der Waals surface area contributed by atoms with Gasteiger partial charge in [0, 0.05) is 24.1 Å². The van der Waals surface area contributed by atoms with Crippen molar-refractivity contribution in [2.24, 2.45) is 0 Å². The van der Waals surface area contributed by atoms with Gasteiger partial charge in [-0.25, -0.2) is 4.79 Å². The molecular formula is C20H19N3O4. The molecule has 3 rings (SSSR count). The first-order chi connectivity index (χ1) is 13.0. The van der Waals surface area contributed by atoms with E-state index in [9.17, 15) is 9.59 Å². The summed E-state index contributed by atoms with van der Waals surface area (Å²) in [6, 6.07) is 14.3. The number of anilines is 1. The number of carbonyl (C=O) groups excluding carboxylic acids is 2. The summed E-state index contributed by atoms with van der Waals surface area (Å²) < 4.78 is 9.88. The highest BCUT2D eigenvalue weighted by Crippen LogP contribution is 2.17. The van der Waals surface area contributed by atoms with Gasteiger partial charge in [-0.3, -0.25) is 4.79 Å². The summed E-state index contributed by atoms with van der Waals surface area (Å²) in [7, 11) is 1.31. The van der Waals surface area contributed by atoms with Crippen LogP contribution < -0.4 is 5.32 Å². The average Bonchev–Trinajstić information content (AvgIpc) is 3.15. The number of aryl methyl sites for hydroxylation is 2. The van der Waals surface area contributed by atoms with Crippen molar-refractivity contribution in [3.63, 3.8) is 0 Å². The third-order valence-electron chi connectivity index (χ3n) is 3.91. The van der Waals surface area contributed by atoms with Crippen molar-refractivity contribution in [2.45, 2.75) is 19.8 Å². The number of amides is 1. The Labute approximate surface area is 156 Å². The van der Waals surface area contributed by atoms with E-state index in [0.717, 1.165) is 11.1 Å². The summed E-state index contributed by atoms with van der Waals surface area (Å²) in [5.41, 5.74) is 2.90. The zero-order valence-electron chi connectivity index (χ0n) is 15.1. The van der Waals surface area contributed by atoms with E-state index in [0.29, 0.717) is 29.4 Å². The molecule has 2 aromatic carbocycles. The summed E-state index contributed by atoms with van der Waals surface area (Å²) >= 11 is 0. The highest BCUT2D eigenvalue weighted by molar-refractivity contribution is 5.94. The number of aromatic nitrogens is 2. The molecule has 7 nitrogen and oxygen atoms in total. The molecule has 0 unspecified atom stereocenters. The number of hydrogen-bond donors (Lipinski definition) is 1. The van der Waals surface area contributed by atoms with Crippen molar-refractivity contribution in [1.82, 2.24) is 10.1 Å². The van der Waals surface area contributed by atoms with Crippen LogP contribution in [-0.2, 0) is 16.0 Å². The Bertz CT molecular complexity index is 948. The molecule has 0 radical (unpaired) electrons. The predicted molar refractivity (Wildman–Crippen MR) is 99.2 cm³/mol. The zero-order valence-corrected chi connectivity index (χ0v) is 15.1. The van der Waals surface area contributed by atoms with Gasteiger partial charge >= 0.3 is 5.97 Å². The lowest BCUT2D eigenvalue weighted by Gasteiger charge is -2.06. The Hall–Kier alpha value is -3.48. The van der Waals surface area contributed by atoms with Gasteiger partial charge in [0.15, 0.2) is 0 Å². The maximum Gasteiger partial charge on any atom is 0.337 e. The number of methoxy groups -OCH3 is 1. The molecule has 0 atom stereocenters. The van der Waals surface area contributed by atoms with Crippen LogP contribution in [0.25, 0.3) is 11.4 Å². The fourth-order valence-electron chi connectivity index (χ4n) is 2.46. The summed E-state index contributed by atoms with van der Waals surface area (Å²) in [4.78, 5) is 28.0. The van der Waals surface area contributed by atoms with Gasteiger partial charge in [0.25, 0.3) is 0 Å². The van der Waals surface area contributed by atoms with E-state index in [1.807, 2.05) is 31.2 Å². The molecular weight excluding hydrogens is 346 g/mol. The van der Waals surface area contributed by atoms with Crippen LogP contribution in [0.15, 0.2) is 53.1 Å². The van der Waals surface area contributed by atoms with Crippen molar-refractivity contribution >= 4 is 17.6 Å². The Balaban J connectivity index is 1.57. The first-order valence-electron chi connectivity index (χ1n) is 8.43. The second-order valence-electron chi connectivity index (χ2n) is 6.00. The SMILES string of the molecule is COC(=O)c1cccc(NC(=O)CCc2nc(-c3ccc(C)cc3)no2)c1. The van der Waals surface area contributed by atoms with E-state index >= 15 is 0 Å². The van der Waals surface area contributed by atoms with Crippen molar-refractivity contribution in [2.75, 3.05) is 12.4 Å². The highest BCUT2D eigenvalue weighted by atomic mass is 16.5. The van der Waals surface area contributed by atoms with Crippen LogP contribution in [-0.4, -0.2) is 29.1 Å². The van der Waals surface area contributed by atoms with Crippen molar-refractivity contribution in [3.8, 4) is 11.4 Å². The van der Waals surface area contributed by atoms with Crippen LogP contribution in [0.5, 0.6) is 0 Å². The van der Waals surface area contributed by atoms with Gasteiger partial charge in [0.05, 0.1) is 12.7 Å². The Kier molecular flexibility index (Phi) is 5.61. The quantitative estimate of drug-likeness (QED) is 0.673. The lowest BCUT2D eigenvalue weighted by Crippen LogP contribution is -2.13. The first kappa shape index (κ1) is 18.3. The van der Waals surface area contributed by atoms with E-state index in [4.69, 9.17) is 4.52 Å². The lowest BCUT2D eigenvalue weighted by atomic mass is 10.1. The molecule has 138 valence electrons. The van der Waals surface area contributed by atoms with Crippen LogP contribution in [0.2, 0.25) is 0 Å². The van der Waals surface area contributed by atoms with Crippen LogP contribution >= 0.6 is 0 Å². The fraction of sp³-hybridized carbons (Fsp3) is 0.200. The van der Waals surface area contributed by atoms with Gasteiger partial charge < -0.3 is 14.6 Å². The molecule has 1 aromatic heterocycles. The third-order valence-corrected chi connectivity index (χ3v) is 3.91. The Morgan fingerprint density at radius 1 is 1.15 bits per heavy atom. The maximum atomic E-state index is 12.1. The second-order valence-corrected chi connectivity index (χ2v) is 6.00. The van der Waals surface area contributed by atoms with Gasteiger partial charge in [-0.15, -0.1) is 0 Å². The largest absolute Gasteiger partial charge is 0.465 e. The first-order valence-corrected chi connectivity index (χ1v) is 8.43. The molecule has 0 spiro atoms. The monoisotopic (exact) mass is 365 g/mol. The van der Waals surface area contributed by atoms with E-state index in [-0.39, 0.29) is 12.3 Å². The van der Waals surface area contributed by atoms with Gasteiger partial charge in [0.1, 0.15) is 0 Å². The van der Waals surface area contributed by atoms with Gasteiger partial charge in [-0.2, -0.15) is 4.98 Å². The van der Waals surface area contributed by atoms with Crippen molar-refractivity contribution in [1.29, 1.82) is 0 Å². The number of esters is 1. The zero-order chi connectivity index (χ0) is 19.2. The molecule has 0 saturated carbocycles. The van der Waals surface area contributed by atoms with Crippen LogP contribution in [0.4, 0.5) is 5.69 Å². The van der Waals surface area contributed by atoms with Gasteiger partial charge in [-0.1, -0.05) is 41.1 Å². The predicted octanol–water partition coefficient (Wildman–Crippen LogP) is 3.40. The third kappa shape index (κ3) is 4.78. The highest BCUT2D eigenvalue weighted by Gasteiger charge is 2.12. The smallest absolute Gasteiger partial charge is 0.337 e. The summed E-state index contributed by atoms with van der Waals surface area (Å²) in [6.45, 7) is 2.00. The van der Waals surface area contributed by atoms with E-state index in [2.05, 4.69) is 20.2 Å². The Morgan fingerprint density at radius 3 is 2.67 bits per heavy atom. The standard InChI is InChI=1S/C20H19N3O4/c1-13-6-8-14(9-7-13)19-22-18(27-23-19)11-10-17(24)21-16-5-3-4-15(12-16)20(25)26-2/h3-9,12H,10-11H2,1-2H3,(H,21,24). The van der Waals surface area contributed by atoms with Crippen LogP contribution in [0, 0.1) is 6.92 Å². The molecule has 0 aliphatic carbocycles. The number of nitrogens with one attached hydrogen (secondary N) is 1.